The standard InChI is InChI=1S/C12H20N2O4S/c1-8-14(9(6-19-8)10(15)16)11(17)13-4-5-18-12(2,3)7-13/h8-9H,4-7H2,1-3H3,(H,15,16). The van der Waals surface area contributed by atoms with Crippen molar-refractivity contribution in [3.63, 3.8) is 0 Å². The number of ether oxygens (including phenoxy) is 1. The number of nitrogens with zero attached hydrogens (tertiary/aromatic N) is 2. The summed E-state index contributed by atoms with van der Waals surface area (Å²) in [6, 6.07) is -0.917. The monoisotopic (exact) mass is 288 g/mol. The van der Waals surface area contributed by atoms with Crippen LogP contribution in [0.1, 0.15) is 20.8 Å². The average molecular weight is 288 g/mol. The molecule has 2 saturated heterocycles. The summed E-state index contributed by atoms with van der Waals surface area (Å²) in [6.07, 6.45) is 0. The van der Waals surface area contributed by atoms with Crippen molar-refractivity contribution in [2.24, 2.45) is 0 Å². The first-order valence-corrected chi connectivity index (χ1v) is 7.42. The molecule has 2 heterocycles. The molecule has 6 nitrogen and oxygen atoms in total. The molecule has 7 heteroatoms. The second-order valence-corrected chi connectivity index (χ2v) is 6.86. The number of carboxylic acids is 1. The van der Waals surface area contributed by atoms with Crippen molar-refractivity contribution in [2.75, 3.05) is 25.4 Å². The van der Waals surface area contributed by atoms with Crippen LogP contribution in [0, 0.1) is 0 Å². The number of hydrogen-bond acceptors (Lipinski definition) is 4. The van der Waals surface area contributed by atoms with Crippen LogP contribution in [0.4, 0.5) is 4.79 Å². The van der Waals surface area contributed by atoms with Gasteiger partial charge in [0.1, 0.15) is 6.04 Å². The molecule has 2 amide bonds. The molecule has 19 heavy (non-hydrogen) atoms. The van der Waals surface area contributed by atoms with Crippen LogP contribution in [0.15, 0.2) is 0 Å². The zero-order valence-corrected chi connectivity index (χ0v) is 12.3. The van der Waals surface area contributed by atoms with Gasteiger partial charge in [-0.3, -0.25) is 4.90 Å². The summed E-state index contributed by atoms with van der Waals surface area (Å²) in [6.45, 7) is 7.24. The third kappa shape index (κ3) is 2.97. The number of morpholine rings is 1. The van der Waals surface area contributed by atoms with Crippen molar-refractivity contribution < 1.29 is 19.4 Å². The van der Waals surface area contributed by atoms with E-state index in [-0.39, 0.29) is 17.0 Å². The van der Waals surface area contributed by atoms with E-state index >= 15 is 0 Å². The molecular weight excluding hydrogens is 268 g/mol. The molecule has 2 rings (SSSR count). The maximum atomic E-state index is 12.5. The lowest BCUT2D eigenvalue weighted by molar-refractivity contribution is -0.141. The molecule has 0 aromatic rings. The molecule has 2 unspecified atom stereocenters. The summed E-state index contributed by atoms with van der Waals surface area (Å²) in [5, 5.41) is 9.10. The second-order valence-electron chi connectivity index (χ2n) is 5.51. The third-order valence-corrected chi connectivity index (χ3v) is 4.64. The second kappa shape index (κ2) is 5.20. The Balaban J connectivity index is 2.11. The summed E-state index contributed by atoms with van der Waals surface area (Å²) < 4.78 is 5.58. The van der Waals surface area contributed by atoms with Crippen molar-refractivity contribution in [1.29, 1.82) is 0 Å². The minimum Gasteiger partial charge on any atom is -0.480 e. The number of aliphatic carboxylic acids is 1. The molecule has 2 fully saturated rings. The summed E-state index contributed by atoms with van der Waals surface area (Å²) in [5.74, 6) is -0.478. The number of carboxylic acid groups (broad SMARTS) is 1. The summed E-state index contributed by atoms with van der Waals surface area (Å²) in [4.78, 5) is 26.9. The van der Waals surface area contributed by atoms with Crippen LogP contribution in [-0.2, 0) is 9.53 Å². The van der Waals surface area contributed by atoms with Gasteiger partial charge in [-0.1, -0.05) is 0 Å². The van der Waals surface area contributed by atoms with Gasteiger partial charge in [-0.15, -0.1) is 11.8 Å². The third-order valence-electron chi connectivity index (χ3n) is 3.42. The SMILES string of the molecule is CC1SCC(C(=O)O)N1C(=O)N1CCOC(C)(C)C1. The van der Waals surface area contributed by atoms with E-state index < -0.39 is 12.0 Å². The van der Waals surface area contributed by atoms with E-state index in [4.69, 9.17) is 4.74 Å². The highest BCUT2D eigenvalue weighted by Gasteiger charge is 2.43. The van der Waals surface area contributed by atoms with Gasteiger partial charge < -0.3 is 14.7 Å². The molecule has 2 atom stereocenters. The Morgan fingerprint density at radius 2 is 2.11 bits per heavy atom. The van der Waals surface area contributed by atoms with E-state index in [1.165, 1.54) is 16.7 Å². The first-order valence-electron chi connectivity index (χ1n) is 6.37. The van der Waals surface area contributed by atoms with Crippen LogP contribution < -0.4 is 0 Å². The maximum Gasteiger partial charge on any atom is 0.327 e. The van der Waals surface area contributed by atoms with E-state index in [0.29, 0.717) is 25.4 Å². The minimum atomic E-state index is -0.933. The van der Waals surface area contributed by atoms with Crippen molar-refractivity contribution in [1.82, 2.24) is 9.80 Å². The number of amides is 2. The molecule has 1 N–H and O–H groups in total. The van der Waals surface area contributed by atoms with Gasteiger partial charge in [0.2, 0.25) is 0 Å². The Morgan fingerprint density at radius 1 is 1.42 bits per heavy atom. The summed E-state index contributed by atoms with van der Waals surface area (Å²) in [5.41, 5.74) is -0.372. The highest BCUT2D eigenvalue weighted by molar-refractivity contribution is 8.00. The summed E-state index contributed by atoms with van der Waals surface area (Å²) in [7, 11) is 0. The maximum absolute atomic E-state index is 12.5. The first kappa shape index (κ1) is 14.5. The van der Waals surface area contributed by atoms with Gasteiger partial charge in [-0.25, -0.2) is 9.59 Å². The van der Waals surface area contributed by atoms with E-state index in [9.17, 15) is 14.7 Å². The molecule has 0 aromatic heterocycles. The molecule has 2 aliphatic heterocycles. The molecule has 0 aromatic carbocycles. The number of rotatable bonds is 1. The van der Waals surface area contributed by atoms with Crippen molar-refractivity contribution >= 4 is 23.8 Å². The molecule has 2 aliphatic rings. The molecule has 0 spiro atoms. The van der Waals surface area contributed by atoms with Crippen LogP contribution in [0.2, 0.25) is 0 Å². The molecule has 0 saturated carbocycles. The number of urea groups is 1. The summed E-state index contributed by atoms with van der Waals surface area (Å²) >= 11 is 1.50. The molecule has 0 aliphatic carbocycles. The predicted octanol–water partition coefficient (Wildman–Crippen LogP) is 1.07. The zero-order valence-electron chi connectivity index (χ0n) is 11.5. The van der Waals surface area contributed by atoms with Gasteiger partial charge in [0, 0.05) is 12.3 Å². The van der Waals surface area contributed by atoms with Gasteiger partial charge in [0.15, 0.2) is 0 Å². The van der Waals surface area contributed by atoms with Gasteiger partial charge in [-0.05, 0) is 20.8 Å². The Morgan fingerprint density at radius 3 is 2.68 bits per heavy atom. The zero-order chi connectivity index (χ0) is 14.2. The van der Waals surface area contributed by atoms with E-state index in [2.05, 4.69) is 0 Å². The van der Waals surface area contributed by atoms with Gasteiger partial charge in [-0.2, -0.15) is 0 Å². The predicted molar refractivity (Wildman–Crippen MR) is 72.2 cm³/mol. The normalized spacial score (nSPS) is 30.5. The lowest BCUT2D eigenvalue weighted by Crippen LogP contribution is -2.57. The fraction of sp³-hybridized carbons (Fsp3) is 0.833. The number of thioether (sulfide) groups is 1. The van der Waals surface area contributed by atoms with Gasteiger partial charge >= 0.3 is 12.0 Å². The number of carbonyl (C=O) groups excluding carboxylic acids is 1. The van der Waals surface area contributed by atoms with Gasteiger partial charge in [0.05, 0.1) is 24.1 Å². The Labute approximate surface area is 117 Å². The van der Waals surface area contributed by atoms with E-state index in [1.54, 1.807) is 4.90 Å². The Hall–Kier alpha value is -0.950. The smallest absolute Gasteiger partial charge is 0.327 e. The van der Waals surface area contributed by atoms with Gasteiger partial charge in [0.25, 0.3) is 0 Å². The van der Waals surface area contributed by atoms with Crippen LogP contribution in [0.5, 0.6) is 0 Å². The van der Waals surface area contributed by atoms with Crippen molar-refractivity contribution in [3.8, 4) is 0 Å². The highest BCUT2D eigenvalue weighted by atomic mass is 32.2. The van der Waals surface area contributed by atoms with Crippen LogP contribution in [-0.4, -0.2) is 69.4 Å². The highest BCUT2D eigenvalue weighted by Crippen LogP contribution is 2.30. The minimum absolute atomic E-state index is 0.0976. The lowest BCUT2D eigenvalue weighted by Gasteiger charge is -2.40. The number of hydrogen-bond donors (Lipinski definition) is 1. The molecule has 0 radical (unpaired) electrons. The average Bonchev–Trinajstić information content (AvgIpc) is 2.69. The lowest BCUT2D eigenvalue weighted by atomic mass is 10.1. The van der Waals surface area contributed by atoms with E-state index in [0.717, 1.165) is 0 Å². The molecule has 0 bridgehead atoms. The number of carbonyl (C=O) groups is 2. The Kier molecular flexibility index (Phi) is 3.96. The van der Waals surface area contributed by atoms with Crippen molar-refractivity contribution in [3.05, 3.63) is 0 Å². The Bertz CT molecular complexity index is 388. The fourth-order valence-electron chi connectivity index (χ4n) is 2.47. The van der Waals surface area contributed by atoms with E-state index in [1.807, 2.05) is 20.8 Å². The van der Waals surface area contributed by atoms with Crippen LogP contribution >= 0.6 is 11.8 Å². The topological polar surface area (TPSA) is 70.1 Å². The quantitative estimate of drug-likeness (QED) is 0.781. The van der Waals surface area contributed by atoms with Crippen molar-refractivity contribution in [2.45, 2.75) is 37.8 Å². The largest absolute Gasteiger partial charge is 0.480 e. The molecule has 108 valence electrons. The fourth-order valence-corrected chi connectivity index (χ4v) is 3.63. The van der Waals surface area contributed by atoms with Crippen LogP contribution in [0.25, 0.3) is 0 Å². The first-order chi connectivity index (χ1) is 8.82. The van der Waals surface area contributed by atoms with Crippen LogP contribution in [0.3, 0.4) is 0 Å². The molecular formula is C12H20N2O4S.